The number of benzene rings is 2. The molecule has 11 heteroatoms. The number of hydrogen-bond donors (Lipinski definition) is 2. The fourth-order valence-electron chi connectivity index (χ4n) is 3.64. The third-order valence-electron chi connectivity index (χ3n) is 5.31. The van der Waals surface area contributed by atoms with Crippen molar-refractivity contribution in [3.8, 4) is 11.5 Å². The smallest absolute Gasteiger partial charge is 0.229 e. The molecule has 3 rings (SSSR count). The topological polar surface area (TPSA) is 114 Å². The molecule has 0 aromatic heterocycles. The van der Waals surface area contributed by atoms with Crippen molar-refractivity contribution in [1.82, 2.24) is 5.32 Å². The monoisotopic (exact) mass is 495 g/mol. The number of methoxy groups -OCH3 is 2. The number of carbonyl (C=O) groups is 2. The van der Waals surface area contributed by atoms with Gasteiger partial charge >= 0.3 is 0 Å². The average molecular weight is 496 g/mol. The van der Waals surface area contributed by atoms with E-state index < -0.39 is 15.9 Å². The summed E-state index contributed by atoms with van der Waals surface area (Å²) in [7, 11) is -0.400. The molecule has 1 aliphatic heterocycles. The molecule has 1 heterocycles. The van der Waals surface area contributed by atoms with Crippen LogP contribution >= 0.6 is 11.6 Å². The zero-order valence-corrected chi connectivity index (χ0v) is 20.3. The van der Waals surface area contributed by atoms with E-state index in [2.05, 4.69) is 10.0 Å². The van der Waals surface area contributed by atoms with Gasteiger partial charge in [-0.2, -0.15) is 0 Å². The van der Waals surface area contributed by atoms with E-state index >= 15 is 0 Å². The predicted molar refractivity (Wildman–Crippen MR) is 126 cm³/mol. The highest BCUT2D eigenvalue weighted by atomic mass is 35.5. The minimum absolute atomic E-state index is 0.0581. The molecule has 2 aromatic rings. The van der Waals surface area contributed by atoms with Crippen molar-refractivity contribution in [2.75, 3.05) is 36.6 Å². The van der Waals surface area contributed by atoms with Gasteiger partial charge in [-0.25, -0.2) is 8.42 Å². The molecule has 1 aliphatic rings. The Morgan fingerprint density at radius 3 is 2.36 bits per heavy atom. The van der Waals surface area contributed by atoms with E-state index in [1.807, 2.05) is 6.92 Å². The Morgan fingerprint density at radius 2 is 1.79 bits per heavy atom. The fourth-order valence-corrected chi connectivity index (χ4v) is 4.44. The number of anilines is 2. The Balaban J connectivity index is 1.69. The van der Waals surface area contributed by atoms with Crippen molar-refractivity contribution in [2.45, 2.75) is 19.4 Å². The zero-order chi connectivity index (χ0) is 24.3. The number of sulfonamides is 1. The molecule has 0 bridgehead atoms. The molecule has 0 aliphatic carbocycles. The summed E-state index contributed by atoms with van der Waals surface area (Å²) in [6.07, 6.45) is 1.13. The molecule has 9 nitrogen and oxygen atoms in total. The molecule has 178 valence electrons. The van der Waals surface area contributed by atoms with Gasteiger partial charge in [0.1, 0.15) is 11.5 Å². The van der Waals surface area contributed by atoms with Crippen LogP contribution in [0.25, 0.3) is 0 Å². The summed E-state index contributed by atoms with van der Waals surface area (Å²) in [5.41, 5.74) is 1.71. The Hall–Kier alpha value is -2.98. The van der Waals surface area contributed by atoms with Gasteiger partial charge in [-0.3, -0.25) is 14.3 Å². The maximum atomic E-state index is 12.9. The molecule has 2 N–H and O–H groups in total. The van der Waals surface area contributed by atoms with Crippen molar-refractivity contribution in [3.05, 3.63) is 47.0 Å². The van der Waals surface area contributed by atoms with Crippen molar-refractivity contribution in [2.24, 2.45) is 5.92 Å². The summed E-state index contributed by atoms with van der Waals surface area (Å²) in [6, 6.07) is 9.57. The number of rotatable bonds is 8. The summed E-state index contributed by atoms with van der Waals surface area (Å²) in [6.45, 7) is 2.01. The van der Waals surface area contributed by atoms with E-state index in [4.69, 9.17) is 21.1 Å². The van der Waals surface area contributed by atoms with Crippen molar-refractivity contribution in [3.63, 3.8) is 0 Å². The van der Waals surface area contributed by atoms with Gasteiger partial charge < -0.3 is 19.7 Å². The Labute approximate surface area is 198 Å². The van der Waals surface area contributed by atoms with Crippen LogP contribution in [0.5, 0.6) is 11.5 Å². The largest absolute Gasteiger partial charge is 0.495 e. The van der Waals surface area contributed by atoms with E-state index in [9.17, 15) is 18.0 Å². The lowest BCUT2D eigenvalue weighted by Crippen LogP contribution is -2.34. The lowest BCUT2D eigenvalue weighted by Gasteiger charge is -2.21. The van der Waals surface area contributed by atoms with Crippen LogP contribution in [0.3, 0.4) is 0 Å². The number of amides is 2. The normalized spacial score (nSPS) is 16.9. The first kappa shape index (κ1) is 24.7. The van der Waals surface area contributed by atoms with Crippen LogP contribution in [-0.4, -0.2) is 47.3 Å². The number of nitrogens with zero attached hydrogens (tertiary/aromatic N) is 1. The third kappa shape index (κ3) is 5.88. The molecule has 1 saturated heterocycles. The summed E-state index contributed by atoms with van der Waals surface area (Å²) in [4.78, 5) is 27.1. The molecule has 2 amide bonds. The van der Waals surface area contributed by atoms with Crippen LogP contribution < -0.4 is 24.4 Å². The SMILES string of the molecule is COc1cc(OC)c(N2CC(C(=O)NC(C)c3ccc(NS(C)(=O)=O)cc3)CC2=O)cc1Cl. The van der Waals surface area contributed by atoms with Crippen LogP contribution in [0.15, 0.2) is 36.4 Å². The quantitative estimate of drug-likeness (QED) is 0.582. The molecule has 33 heavy (non-hydrogen) atoms. The van der Waals surface area contributed by atoms with Gasteiger partial charge in [0, 0.05) is 24.7 Å². The van der Waals surface area contributed by atoms with Crippen LogP contribution in [0.4, 0.5) is 11.4 Å². The van der Waals surface area contributed by atoms with Gasteiger partial charge in [-0.1, -0.05) is 23.7 Å². The van der Waals surface area contributed by atoms with Gasteiger partial charge in [-0.15, -0.1) is 0 Å². The standard InChI is InChI=1S/C22H26ClN3O6S/c1-13(14-5-7-16(8-6-14)25-33(4,29)30)24-22(28)15-9-21(27)26(12-15)18-10-17(23)19(31-2)11-20(18)32-3/h5-8,10-11,13,15,25H,9,12H2,1-4H3,(H,24,28). The lowest BCUT2D eigenvalue weighted by atomic mass is 10.0. The molecule has 1 fully saturated rings. The van der Waals surface area contributed by atoms with Gasteiger partial charge in [-0.05, 0) is 30.7 Å². The van der Waals surface area contributed by atoms with Crippen molar-refractivity contribution >= 4 is 44.8 Å². The Bertz CT molecular complexity index is 1150. The highest BCUT2D eigenvalue weighted by Crippen LogP contribution is 2.40. The first-order valence-corrected chi connectivity index (χ1v) is 12.4. The molecule has 0 radical (unpaired) electrons. The Kier molecular flexibility index (Phi) is 7.38. The highest BCUT2D eigenvalue weighted by Gasteiger charge is 2.37. The molecule has 2 atom stereocenters. The summed E-state index contributed by atoms with van der Waals surface area (Å²) < 4.78 is 35.6. The second-order valence-electron chi connectivity index (χ2n) is 7.79. The maximum Gasteiger partial charge on any atom is 0.229 e. The second-order valence-corrected chi connectivity index (χ2v) is 9.95. The van der Waals surface area contributed by atoms with Crippen molar-refractivity contribution < 1.29 is 27.5 Å². The summed E-state index contributed by atoms with van der Waals surface area (Å²) in [5.74, 6) is -0.169. The van der Waals surface area contributed by atoms with E-state index in [-0.39, 0.29) is 30.8 Å². The molecular weight excluding hydrogens is 470 g/mol. The number of carbonyl (C=O) groups excluding carboxylic acids is 2. The fraction of sp³-hybridized carbons (Fsp3) is 0.364. The zero-order valence-electron chi connectivity index (χ0n) is 18.7. The average Bonchev–Trinajstić information content (AvgIpc) is 3.14. The number of halogens is 1. The summed E-state index contributed by atoms with van der Waals surface area (Å²) in [5, 5.41) is 3.25. The molecule has 0 spiro atoms. The Morgan fingerprint density at radius 1 is 1.15 bits per heavy atom. The minimum atomic E-state index is -3.37. The highest BCUT2D eigenvalue weighted by molar-refractivity contribution is 7.92. The first-order chi connectivity index (χ1) is 15.5. The number of ether oxygens (including phenoxy) is 2. The summed E-state index contributed by atoms with van der Waals surface area (Å²) >= 11 is 6.23. The van der Waals surface area contributed by atoms with Gasteiger partial charge in [0.25, 0.3) is 0 Å². The second kappa shape index (κ2) is 9.88. The van der Waals surface area contributed by atoms with E-state index in [1.54, 1.807) is 36.4 Å². The number of nitrogens with one attached hydrogen (secondary N) is 2. The first-order valence-electron chi connectivity index (χ1n) is 10.1. The van der Waals surface area contributed by atoms with E-state index in [0.29, 0.717) is 27.9 Å². The number of hydrogen-bond acceptors (Lipinski definition) is 6. The van der Waals surface area contributed by atoms with Crippen molar-refractivity contribution in [1.29, 1.82) is 0 Å². The molecule has 2 aromatic carbocycles. The molecule has 2 unspecified atom stereocenters. The van der Waals surface area contributed by atoms with E-state index in [1.165, 1.54) is 19.1 Å². The lowest BCUT2D eigenvalue weighted by molar-refractivity contribution is -0.126. The van der Waals surface area contributed by atoms with Crippen LogP contribution in [0.1, 0.15) is 24.9 Å². The van der Waals surface area contributed by atoms with E-state index in [0.717, 1.165) is 11.8 Å². The molecular formula is C22H26ClN3O6S. The third-order valence-corrected chi connectivity index (χ3v) is 6.21. The van der Waals surface area contributed by atoms with Crippen LogP contribution in [0, 0.1) is 5.92 Å². The van der Waals surface area contributed by atoms with Crippen LogP contribution in [0.2, 0.25) is 5.02 Å². The van der Waals surface area contributed by atoms with Gasteiger partial charge in [0.15, 0.2) is 0 Å². The predicted octanol–water partition coefficient (Wildman–Crippen LogP) is 2.96. The minimum Gasteiger partial charge on any atom is -0.495 e. The maximum absolute atomic E-state index is 12.9. The van der Waals surface area contributed by atoms with Gasteiger partial charge in [0.05, 0.1) is 43.1 Å². The molecule has 0 saturated carbocycles. The van der Waals surface area contributed by atoms with Gasteiger partial charge in [0.2, 0.25) is 21.8 Å². The van der Waals surface area contributed by atoms with Crippen LogP contribution in [-0.2, 0) is 19.6 Å².